The second kappa shape index (κ2) is 11.8. The van der Waals surface area contributed by atoms with Crippen LogP contribution in [-0.4, -0.2) is 0 Å². The van der Waals surface area contributed by atoms with Gasteiger partial charge in [-0.2, -0.15) is 0 Å². The Morgan fingerprint density at radius 1 is 0.733 bits per heavy atom. The number of rotatable bonds is 10. The Bertz CT molecular complexity index is 134. The van der Waals surface area contributed by atoms with Gasteiger partial charge < -0.3 is 0 Å². The second-order valence-corrected chi connectivity index (χ2v) is 4.57. The van der Waals surface area contributed by atoms with Crippen molar-refractivity contribution in [3.63, 3.8) is 0 Å². The largest absolute Gasteiger partial charge is 0.0853 e. The van der Waals surface area contributed by atoms with Crippen LogP contribution in [0.25, 0.3) is 0 Å². The van der Waals surface area contributed by atoms with E-state index in [0.29, 0.717) is 0 Å². The van der Waals surface area contributed by atoms with Gasteiger partial charge in [-0.05, 0) is 38.5 Å². The molecule has 0 spiro atoms. The molecule has 0 aromatic heterocycles. The topological polar surface area (TPSA) is 0 Å². The molecule has 0 saturated heterocycles. The Balaban J connectivity index is 3.74. The molecule has 0 nitrogen and oxygen atoms in total. The average molecular weight is 210 g/mol. The average Bonchev–Trinajstić information content (AvgIpc) is 2.27. The summed E-state index contributed by atoms with van der Waals surface area (Å²) in [4.78, 5) is 0. The van der Waals surface area contributed by atoms with Crippen molar-refractivity contribution < 1.29 is 0 Å². The molecule has 0 rings (SSSR count). The Morgan fingerprint density at radius 3 is 1.73 bits per heavy atom. The van der Waals surface area contributed by atoms with Crippen LogP contribution < -0.4 is 0 Å². The van der Waals surface area contributed by atoms with Gasteiger partial charge in [-0.25, -0.2) is 0 Å². The lowest BCUT2D eigenvalue weighted by atomic mass is 10.0. The third kappa shape index (κ3) is 10.0. The quantitative estimate of drug-likeness (QED) is 0.312. The van der Waals surface area contributed by atoms with Gasteiger partial charge in [0.05, 0.1) is 0 Å². The first-order valence-corrected chi connectivity index (χ1v) is 7.03. The minimum Gasteiger partial charge on any atom is -0.0853 e. The minimum absolute atomic E-state index is 1.32. The molecule has 0 aromatic rings. The van der Waals surface area contributed by atoms with E-state index in [0.717, 1.165) is 0 Å². The van der Waals surface area contributed by atoms with Crippen LogP contribution in [0.15, 0.2) is 11.6 Å². The Hall–Kier alpha value is -0.260. The molecule has 0 unspecified atom stereocenters. The Morgan fingerprint density at radius 2 is 1.27 bits per heavy atom. The Labute approximate surface area is 97.2 Å². The summed E-state index contributed by atoms with van der Waals surface area (Å²) in [6.45, 7) is 6.85. The van der Waals surface area contributed by atoms with Crippen LogP contribution in [0.2, 0.25) is 0 Å². The molecule has 15 heavy (non-hydrogen) atoms. The van der Waals surface area contributed by atoms with E-state index in [9.17, 15) is 0 Å². The molecule has 0 bridgehead atoms. The predicted molar refractivity (Wildman–Crippen MR) is 71.3 cm³/mol. The van der Waals surface area contributed by atoms with Gasteiger partial charge in [-0.1, -0.05) is 58.1 Å². The summed E-state index contributed by atoms with van der Waals surface area (Å²) in [5.41, 5.74) is 1.73. The standard InChI is InChI=1S/C15H30/c1-4-7-10-11-14-15(12-8-5-2)13-9-6-3/h14H,4-13H2,1-3H3. The highest BCUT2D eigenvalue weighted by Crippen LogP contribution is 2.16. The normalized spacial score (nSPS) is 10.3. The van der Waals surface area contributed by atoms with E-state index >= 15 is 0 Å². The van der Waals surface area contributed by atoms with E-state index in [2.05, 4.69) is 26.8 Å². The number of hydrogen-bond donors (Lipinski definition) is 0. The molecule has 0 heterocycles. The van der Waals surface area contributed by atoms with E-state index in [4.69, 9.17) is 0 Å². The predicted octanol–water partition coefficient (Wildman–Crippen LogP) is 5.87. The molecule has 0 saturated carbocycles. The second-order valence-electron chi connectivity index (χ2n) is 4.57. The third-order valence-electron chi connectivity index (χ3n) is 2.94. The number of hydrogen-bond acceptors (Lipinski definition) is 0. The first-order chi connectivity index (χ1) is 7.35. The van der Waals surface area contributed by atoms with E-state index in [-0.39, 0.29) is 0 Å². The first-order valence-electron chi connectivity index (χ1n) is 7.03. The van der Waals surface area contributed by atoms with Crippen molar-refractivity contribution in [2.24, 2.45) is 0 Å². The molecule has 0 aromatic carbocycles. The number of unbranched alkanes of at least 4 members (excludes halogenated alkanes) is 5. The fourth-order valence-corrected chi connectivity index (χ4v) is 1.84. The maximum Gasteiger partial charge on any atom is -0.0320 e. The molecule has 90 valence electrons. The summed E-state index contributed by atoms with van der Waals surface area (Å²) >= 11 is 0. The van der Waals surface area contributed by atoms with Gasteiger partial charge in [0.1, 0.15) is 0 Å². The highest BCUT2D eigenvalue weighted by atomic mass is 14.0. The van der Waals surface area contributed by atoms with Crippen molar-refractivity contribution in [2.75, 3.05) is 0 Å². The lowest BCUT2D eigenvalue weighted by molar-refractivity contribution is 0.691. The van der Waals surface area contributed by atoms with Crippen molar-refractivity contribution in [3.05, 3.63) is 11.6 Å². The first kappa shape index (κ1) is 14.7. The highest BCUT2D eigenvalue weighted by molar-refractivity contribution is 5.01. The van der Waals surface area contributed by atoms with Crippen LogP contribution in [0.1, 0.15) is 85.0 Å². The van der Waals surface area contributed by atoms with Crippen molar-refractivity contribution in [3.8, 4) is 0 Å². The maximum absolute atomic E-state index is 2.53. The molecular formula is C15H30. The van der Waals surface area contributed by atoms with Crippen molar-refractivity contribution in [1.82, 2.24) is 0 Å². The summed E-state index contributed by atoms with van der Waals surface area (Å²) in [7, 11) is 0. The summed E-state index contributed by atoms with van der Waals surface area (Å²) in [5.74, 6) is 0. The molecule has 0 atom stereocenters. The van der Waals surface area contributed by atoms with Gasteiger partial charge >= 0.3 is 0 Å². The van der Waals surface area contributed by atoms with Crippen LogP contribution in [0.5, 0.6) is 0 Å². The zero-order valence-electron chi connectivity index (χ0n) is 11.1. The van der Waals surface area contributed by atoms with Gasteiger partial charge in [0.15, 0.2) is 0 Å². The smallest absolute Gasteiger partial charge is 0.0320 e. The van der Waals surface area contributed by atoms with Gasteiger partial charge in [0.2, 0.25) is 0 Å². The molecule has 0 amide bonds. The molecular weight excluding hydrogens is 180 g/mol. The zero-order valence-corrected chi connectivity index (χ0v) is 11.1. The van der Waals surface area contributed by atoms with E-state index in [1.807, 2.05) is 0 Å². The van der Waals surface area contributed by atoms with E-state index in [1.54, 1.807) is 5.57 Å². The van der Waals surface area contributed by atoms with Crippen LogP contribution in [-0.2, 0) is 0 Å². The molecule has 0 aliphatic rings. The molecule has 0 fully saturated rings. The van der Waals surface area contributed by atoms with E-state index < -0.39 is 0 Å². The lowest BCUT2D eigenvalue weighted by Crippen LogP contribution is -1.86. The minimum atomic E-state index is 1.32. The monoisotopic (exact) mass is 210 g/mol. The SMILES string of the molecule is CCCCCC=C(CCCC)CCCC. The summed E-state index contributed by atoms with van der Waals surface area (Å²) < 4.78 is 0. The van der Waals surface area contributed by atoms with Crippen LogP contribution >= 0.6 is 0 Å². The third-order valence-corrected chi connectivity index (χ3v) is 2.94. The van der Waals surface area contributed by atoms with Gasteiger partial charge in [0.25, 0.3) is 0 Å². The highest BCUT2D eigenvalue weighted by Gasteiger charge is 1.96. The lowest BCUT2D eigenvalue weighted by Gasteiger charge is -2.06. The molecule has 0 aliphatic heterocycles. The van der Waals surface area contributed by atoms with Crippen molar-refractivity contribution >= 4 is 0 Å². The van der Waals surface area contributed by atoms with E-state index in [1.165, 1.54) is 64.2 Å². The molecule has 0 N–H and O–H groups in total. The Kier molecular flexibility index (Phi) is 11.6. The summed E-state index contributed by atoms with van der Waals surface area (Å²) in [5, 5.41) is 0. The molecule has 0 aliphatic carbocycles. The van der Waals surface area contributed by atoms with Crippen LogP contribution in [0.4, 0.5) is 0 Å². The van der Waals surface area contributed by atoms with Gasteiger partial charge in [-0.15, -0.1) is 0 Å². The fourth-order valence-electron chi connectivity index (χ4n) is 1.84. The molecule has 0 heteroatoms. The van der Waals surface area contributed by atoms with Crippen LogP contribution in [0.3, 0.4) is 0 Å². The van der Waals surface area contributed by atoms with Crippen molar-refractivity contribution in [2.45, 2.75) is 85.0 Å². The fraction of sp³-hybridized carbons (Fsp3) is 0.867. The van der Waals surface area contributed by atoms with Crippen molar-refractivity contribution in [1.29, 1.82) is 0 Å². The molecule has 0 radical (unpaired) electrons. The zero-order chi connectivity index (χ0) is 11.4. The maximum atomic E-state index is 2.53. The number of allylic oxidation sites excluding steroid dienone is 2. The summed E-state index contributed by atoms with van der Waals surface area (Å²) in [6, 6.07) is 0. The summed E-state index contributed by atoms with van der Waals surface area (Å²) in [6.07, 6.45) is 16.1. The van der Waals surface area contributed by atoms with Gasteiger partial charge in [0, 0.05) is 0 Å². The van der Waals surface area contributed by atoms with Gasteiger partial charge in [-0.3, -0.25) is 0 Å². The van der Waals surface area contributed by atoms with Crippen LogP contribution in [0, 0.1) is 0 Å².